The van der Waals surface area contributed by atoms with Gasteiger partial charge < -0.3 is 0 Å². The minimum Gasteiger partial charge on any atom is -0.273 e. The third-order valence-corrected chi connectivity index (χ3v) is 3.88. The fraction of sp³-hybridized carbons (Fsp3) is 0.500. The van der Waals surface area contributed by atoms with Crippen LogP contribution in [0.2, 0.25) is 0 Å². The molecule has 1 aliphatic rings. The highest BCUT2D eigenvalue weighted by atomic mass is 32.1. The van der Waals surface area contributed by atoms with Gasteiger partial charge in [0.2, 0.25) is 5.91 Å². The van der Waals surface area contributed by atoms with Crippen LogP contribution in [0.15, 0.2) is 17.5 Å². The number of hydrogen-bond donors (Lipinski definition) is 2. The normalized spacial score (nSPS) is 15.8. The molecule has 0 aromatic carbocycles. The van der Waals surface area contributed by atoms with Gasteiger partial charge in [0.1, 0.15) is 0 Å². The summed E-state index contributed by atoms with van der Waals surface area (Å²) in [5.74, 6) is 0.148. The SMILES string of the molecule is O=C(CC1CCCC1)NNC(=O)c1cccs1. The highest BCUT2D eigenvalue weighted by Gasteiger charge is 2.18. The van der Waals surface area contributed by atoms with E-state index in [1.165, 1.54) is 24.2 Å². The first-order chi connectivity index (χ1) is 8.25. The first kappa shape index (κ1) is 12.1. The second-order valence-corrected chi connectivity index (χ2v) is 5.28. The summed E-state index contributed by atoms with van der Waals surface area (Å²) in [5.41, 5.74) is 4.90. The lowest BCUT2D eigenvalue weighted by atomic mass is 10.0. The number of amides is 2. The van der Waals surface area contributed by atoms with Crippen LogP contribution in [0.1, 0.15) is 41.8 Å². The van der Waals surface area contributed by atoms with E-state index in [0.717, 1.165) is 12.8 Å². The number of thiophene rings is 1. The van der Waals surface area contributed by atoms with Crippen molar-refractivity contribution in [3.63, 3.8) is 0 Å². The van der Waals surface area contributed by atoms with Crippen molar-refractivity contribution >= 4 is 23.2 Å². The molecule has 2 N–H and O–H groups in total. The fourth-order valence-corrected chi connectivity index (χ4v) is 2.74. The molecule has 1 fully saturated rings. The largest absolute Gasteiger partial charge is 0.279 e. The van der Waals surface area contributed by atoms with Crippen molar-refractivity contribution in [1.82, 2.24) is 10.9 Å². The third kappa shape index (κ3) is 3.56. The smallest absolute Gasteiger partial charge is 0.273 e. The van der Waals surface area contributed by atoms with E-state index in [1.807, 2.05) is 5.38 Å². The van der Waals surface area contributed by atoms with Crippen molar-refractivity contribution in [2.24, 2.45) is 5.92 Å². The van der Waals surface area contributed by atoms with Crippen molar-refractivity contribution < 1.29 is 9.59 Å². The topological polar surface area (TPSA) is 58.2 Å². The molecule has 0 aliphatic heterocycles. The molecule has 0 unspecified atom stereocenters. The Hall–Kier alpha value is -1.36. The Kier molecular flexibility index (Phi) is 4.14. The maximum atomic E-state index is 11.6. The molecule has 4 nitrogen and oxygen atoms in total. The summed E-state index contributed by atoms with van der Waals surface area (Å²) in [4.78, 5) is 23.7. The van der Waals surface area contributed by atoms with Crippen molar-refractivity contribution in [2.75, 3.05) is 0 Å². The molecule has 1 aromatic rings. The summed E-state index contributed by atoms with van der Waals surface area (Å²) in [6, 6.07) is 3.53. The minimum atomic E-state index is -0.250. The molecule has 2 rings (SSSR count). The van der Waals surface area contributed by atoms with E-state index < -0.39 is 0 Å². The Bertz CT molecular complexity index is 383. The number of rotatable bonds is 3. The quantitative estimate of drug-likeness (QED) is 0.809. The summed E-state index contributed by atoms with van der Waals surface area (Å²) >= 11 is 1.35. The van der Waals surface area contributed by atoms with Crippen molar-refractivity contribution in [1.29, 1.82) is 0 Å². The zero-order valence-corrected chi connectivity index (χ0v) is 10.4. The van der Waals surface area contributed by atoms with Crippen LogP contribution in [-0.4, -0.2) is 11.8 Å². The molecule has 1 aromatic heterocycles. The molecule has 2 amide bonds. The van der Waals surface area contributed by atoms with E-state index in [1.54, 1.807) is 12.1 Å². The van der Waals surface area contributed by atoms with E-state index in [4.69, 9.17) is 0 Å². The van der Waals surface area contributed by atoms with Gasteiger partial charge in [-0.2, -0.15) is 0 Å². The van der Waals surface area contributed by atoms with Crippen LogP contribution in [0.5, 0.6) is 0 Å². The number of nitrogens with one attached hydrogen (secondary N) is 2. The number of carbonyl (C=O) groups excluding carboxylic acids is 2. The zero-order valence-electron chi connectivity index (χ0n) is 9.57. The zero-order chi connectivity index (χ0) is 12.1. The third-order valence-electron chi connectivity index (χ3n) is 3.01. The molecule has 17 heavy (non-hydrogen) atoms. The van der Waals surface area contributed by atoms with E-state index in [-0.39, 0.29) is 11.8 Å². The molecular weight excluding hydrogens is 236 g/mol. The predicted octanol–water partition coefficient (Wildman–Crippen LogP) is 2.09. The van der Waals surface area contributed by atoms with E-state index in [9.17, 15) is 9.59 Å². The van der Waals surface area contributed by atoms with Crippen LogP contribution < -0.4 is 10.9 Å². The molecule has 1 heterocycles. The van der Waals surface area contributed by atoms with Gasteiger partial charge in [0.15, 0.2) is 0 Å². The summed E-state index contributed by atoms with van der Waals surface area (Å²) in [7, 11) is 0. The molecule has 1 aliphatic carbocycles. The van der Waals surface area contributed by atoms with Crippen LogP contribution in [0, 0.1) is 5.92 Å². The Morgan fingerprint density at radius 2 is 2.06 bits per heavy atom. The van der Waals surface area contributed by atoms with Gasteiger partial charge in [0, 0.05) is 6.42 Å². The lowest BCUT2D eigenvalue weighted by molar-refractivity contribution is -0.122. The fourth-order valence-electron chi connectivity index (χ4n) is 2.12. The number of hydrazine groups is 1. The summed E-state index contributed by atoms with van der Waals surface area (Å²) in [5, 5.41) is 1.83. The van der Waals surface area contributed by atoms with Crippen LogP contribution in [0.25, 0.3) is 0 Å². The summed E-state index contributed by atoms with van der Waals surface area (Å²) < 4.78 is 0. The standard InChI is InChI=1S/C12H16N2O2S/c15-11(8-9-4-1-2-5-9)13-14-12(16)10-6-3-7-17-10/h3,6-7,9H,1-2,4-5,8H2,(H,13,15)(H,14,16). The van der Waals surface area contributed by atoms with Crippen molar-refractivity contribution in [2.45, 2.75) is 32.1 Å². The molecule has 1 saturated carbocycles. The first-order valence-electron chi connectivity index (χ1n) is 5.88. The Balaban J connectivity index is 1.70. The molecule has 0 saturated heterocycles. The number of hydrogen-bond acceptors (Lipinski definition) is 3. The van der Waals surface area contributed by atoms with Gasteiger partial charge in [-0.1, -0.05) is 18.9 Å². The maximum Gasteiger partial charge on any atom is 0.279 e. The molecule has 0 radical (unpaired) electrons. The average Bonchev–Trinajstić information content (AvgIpc) is 2.97. The minimum absolute atomic E-state index is 0.0955. The molecule has 0 bridgehead atoms. The van der Waals surface area contributed by atoms with Crippen LogP contribution in [0.4, 0.5) is 0 Å². The predicted molar refractivity (Wildman–Crippen MR) is 66.5 cm³/mol. The lowest BCUT2D eigenvalue weighted by Crippen LogP contribution is -2.41. The average molecular weight is 252 g/mol. The van der Waals surface area contributed by atoms with Gasteiger partial charge in [-0.3, -0.25) is 20.4 Å². The van der Waals surface area contributed by atoms with Crippen molar-refractivity contribution in [3.8, 4) is 0 Å². The van der Waals surface area contributed by atoms with Crippen LogP contribution >= 0.6 is 11.3 Å². The highest BCUT2D eigenvalue weighted by Crippen LogP contribution is 2.27. The van der Waals surface area contributed by atoms with Gasteiger partial charge >= 0.3 is 0 Å². The lowest BCUT2D eigenvalue weighted by Gasteiger charge is -2.09. The Labute approximate surface area is 104 Å². The van der Waals surface area contributed by atoms with Gasteiger partial charge in [-0.05, 0) is 30.2 Å². The second kappa shape index (κ2) is 5.82. The molecule has 0 spiro atoms. The van der Waals surface area contributed by atoms with Gasteiger partial charge in [0.05, 0.1) is 4.88 Å². The number of carbonyl (C=O) groups is 2. The van der Waals surface area contributed by atoms with Crippen LogP contribution in [0.3, 0.4) is 0 Å². The van der Waals surface area contributed by atoms with E-state index in [0.29, 0.717) is 17.2 Å². The Morgan fingerprint density at radius 3 is 2.71 bits per heavy atom. The Morgan fingerprint density at radius 1 is 1.29 bits per heavy atom. The van der Waals surface area contributed by atoms with E-state index >= 15 is 0 Å². The monoisotopic (exact) mass is 252 g/mol. The molecule has 5 heteroatoms. The maximum absolute atomic E-state index is 11.6. The summed E-state index contributed by atoms with van der Waals surface area (Å²) in [6.07, 6.45) is 5.22. The molecule has 92 valence electrons. The van der Waals surface area contributed by atoms with Gasteiger partial charge in [0.25, 0.3) is 5.91 Å². The first-order valence-corrected chi connectivity index (χ1v) is 6.76. The van der Waals surface area contributed by atoms with Crippen molar-refractivity contribution in [3.05, 3.63) is 22.4 Å². The summed E-state index contributed by atoms with van der Waals surface area (Å²) in [6.45, 7) is 0. The van der Waals surface area contributed by atoms with Gasteiger partial charge in [-0.25, -0.2) is 0 Å². The van der Waals surface area contributed by atoms with E-state index in [2.05, 4.69) is 10.9 Å². The van der Waals surface area contributed by atoms with Crippen LogP contribution in [-0.2, 0) is 4.79 Å². The molecular formula is C12H16N2O2S. The van der Waals surface area contributed by atoms with Gasteiger partial charge in [-0.15, -0.1) is 11.3 Å². The second-order valence-electron chi connectivity index (χ2n) is 4.33. The molecule has 0 atom stereocenters. The highest BCUT2D eigenvalue weighted by molar-refractivity contribution is 7.12.